The first kappa shape index (κ1) is 19.2. The fraction of sp³-hybridized carbons (Fsp3) is 0.381. The molecule has 1 fully saturated rings. The van der Waals surface area contributed by atoms with E-state index in [1.165, 1.54) is 11.1 Å². The Bertz CT molecular complexity index is 786. The predicted octanol–water partition coefficient (Wildman–Crippen LogP) is 5.46. The number of carbonyl (C=O) groups excluding carboxylic acids is 1. The van der Waals surface area contributed by atoms with E-state index in [0.29, 0.717) is 16.6 Å². The molecule has 0 bridgehead atoms. The summed E-state index contributed by atoms with van der Waals surface area (Å²) < 4.78 is 0. The number of benzene rings is 2. The van der Waals surface area contributed by atoms with Crippen molar-refractivity contribution >= 4 is 34.8 Å². The van der Waals surface area contributed by atoms with Gasteiger partial charge in [-0.3, -0.25) is 9.69 Å². The van der Waals surface area contributed by atoms with E-state index >= 15 is 0 Å². The number of nitrogens with zero attached hydrogens (tertiary/aromatic N) is 1. The van der Waals surface area contributed by atoms with Crippen LogP contribution in [0, 0.1) is 19.8 Å². The van der Waals surface area contributed by atoms with Gasteiger partial charge >= 0.3 is 0 Å². The van der Waals surface area contributed by atoms with Crippen molar-refractivity contribution in [1.82, 2.24) is 4.90 Å². The predicted molar refractivity (Wildman–Crippen MR) is 109 cm³/mol. The van der Waals surface area contributed by atoms with Gasteiger partial charge in [0.25, 0.3) is 0 Å². The Kier molecular flexibility index (Phi) is 6.23. The summed E-state index contributed by atoms with van der Waals surface area (Å²) in [4.78, 5) is 15.0. The largest absolute Gasteiger partial charge is 0.326 e. The van der Waals surface area contributed by atoms with Crippen LogP contribution in [0.2, 0.25) is 10.0 Å². The minimum absolute atomic E-state index is 0.0216. The first-order valence-corrected chi connectivity index (χ1v) is 9.73. The molecule has 138 valence electrons. The third kappa shape index (κ3) is 4.59. The van der Waals surface area contributed by atoms with Gasteiger partial charge in [-0.15, -0.1) is 0 Å². The fourth-order valence-corrected chi connectivity index (χ4v) is 3.90. The molecule has 1 aliphatic heterocycles. The molecule has 1 aliphatic rings. The molecule has 2 aromatic rings. The van der Waals surface area contributed by atoms with E-state index in [1.807, 2.05) is 36.4 Å². The molecule has 0 spiro atoms. The standard InChI is InChI=1S/C21H24Cl2N2O/c1-14-8-9-17(11-15(14)2)24-21(26)16-5-4-10-25(12-16)13-18-19(22)6-3-7-20(18)23/h3,6-9,11,16H,4-5,10,12-13H2,1-2H3,(H,24,26)/t16-/m0/s1. The Hall–Kier alpha value is -1.55. The van der Waals surface area contributed by atoms with Crippen molar-refractivity contribution in [2.75, 3.05) is 18.4 Å². The highest BCUT2D eigenvalue weighted by atomic mass is 35.5. The molecule has 5 heteroatoms. The number of hydrogen-bond donors (Lipinski definition) is 1. The second-order valence-electron chi connectivity index (χ2n) is 7.06. The van der Waals surface area contributed by atoms with Crippen LogP contribution in [-0.2, 0) is 11.3 Å². The number of carbonyl (C=O) groups is 1. The summed E-state index contributed by atoms with van der Waals surface area (Å²) in [7, 11) is 0. The highest BCUT2D eigenvalue weighted by Gasteiger charge is 2.26. The molecule has 1 amide bonds. The van der Waals surface area contributed by atoms with Gasteiger partial charge in [0.2, 0.25) is 5.91 Å². The molecule has 2 aromatic carbocycles. The molecular formula is C21H24Cl2N2O. The Morgan fingerprint density at radius 2 is 1.88 bits per heavy atom. The monoisotopic (exact) mass is 390 g/mol. The van der Waals surface area contributed by atoms with Crippen LogP contribution in [0.4, 0.5) is 5.69 Å². The van der Waals surface area contributed by atoms with E-state index in [1.54, 1.807) is 0 Å². The summed E-state index contributed by atoms with van der Waals surface area (Å²) in [5.41, 5.74) is 4.21. The van der Waals surface area contributed by atoms with E-state index in [2.05, 4.69) is 24.1 Å². The number of likely N-dealkylation sites (tertiary alicyclic amines) is 1. The SMILES string of the molecule is Cc1ccc(NC(=O)[C@H]2CCCN(Cc3c(Cl)cccc3Cl)C2)cc1C. The quantitative estimate of drug-likeness (QED) is 0.751. The number of anilines is 1. The van der Waals surface area contributed by atoms with E-state index in [4.69, 9.17) is 23.2 Å². The van der Waals surface area contributed by atoms with Crippen molar-refractivity contribution in [2.24, 2.45) is 5.92 Å². The minimum atomic E-state index is -0.0216. The molecule has 0 aromatic heterocycles. The molecular weight excluding hydrogens is 367 g/mol. The first-order valence-electron chi connectivity index (χ1n) is 8.97. The summed E-state index contributed by atoms with van der Waals surface area (Å²) in [6, 6.07) is 11.6. The fourth-order valence-electron chi connectivity index (χ4n) is 3.38. The molecule has 3 rings (SSSR count). The summed E-state index contributed by atoms with van der Waals surface area (Å²) in [5, 5.41) is 4.43. The number of amides is 1. The van der Waals surface area contributed by atoms with E-state index in [-0.39, 0.29) is 11.8 Å². The third-order valence-electron chi connectivity index (χ3n) is 5.09. The summed E-state index contributed by atoms with van der Waals surface area (Å²) >= 11 is 12.6. The lowest BCUT2D eigenvalue weighted by atomic mass is 9.96. The van der Waals surface area contributed by atoms with Crippen LogP contribution in [-0.4, -0.2) is 23.9 Å². The summed E-state index contributed by atoms with van der Waals surface area (Å²) in [5.74, 6) is 0.0647. The molecule has 0 saturated carbocycles. The normalized spacial score (nSPS) is 17.9. The van der Waals surface area contributed by atoms with Gasteiger partial charge in [0.15, 0.2) is 0 Å². The molecule has 26 heavy (non-hydrogen) atoms. The van der Waals surface area contributed by atoms with Crippen LogP contribution in [0.25, 0.3) is 0 Å². The van der Waals surface area contributed by atoms with E-state index in [9.17, 15) is 4.79 Å². The van der Waals surface area contributed by atoms with Crippen LogP contribution < -0.4 is 5.32 Å². The van der Waals surface area contributed by atoms with Crippen molar-refractivity contribution in [3.8, 4) is 0 Å². The molecule has 1 atom stereocenters. The smallest absolute Gasteiger partial charge is 0.228 e. The zero-order valence-corrected chi connectivity index (χ0v) is 16.7. The maximum atomic E-state index is 12.7. The van der Waals surface area contributed by atoms with Crippen molar-refractivity contribution < 1.29 is 4.79 Å². The molecule has 0 unspecified atom stereocenters. The minimum Gasteiger partial charge on any atom is -0.326 e. The van der Waals surface area contributed by atoms with Gasteiger partial charge < -0.3 is 5.32 Å². The van der Waals surface area contributed by atoms with Crippen LogP contribution >= 0.6 is 23.2 Å². The van der Waals surface area contributed by atoms with Crippen molar-refractivity contribution in [3.63, 3.8) is 0 Å². The number of rotatable bonds is 4. The number of hydrogen-bond acceptors (Lipinski definition) is 2. The molecule has 1 saturated heterocycles. The number of piperidine rings is 1. The second-order valence-corrected chi connectivity index (χ2v) is 7.88. The average molecular weight is 391 g/mol. The Morgan fingerprint density at radius 1 is 1.15 bits per heavy atom. The van der Waals surface area contributed by atoms with Gasteiger partial charge in [-0.2, -0.15) is 0 Å². The maximum Gasteiger partial charge on any atom is 0.228 e. The van der Waals surface area contributed by atoms with Gasteiger partial charge in [-0.25, -0.2) is 0 Å². The lowest BCUT2D eigenvalue weighted by Crippen LogP contribution is -2.40. The number of aryl methyl sites for hydroxylation is 2. The number of nitrogens with one attached hydrogen (secondary N) is 1. The highest BCUT2D eigenvalue weighted by Crippen LogP contribution is 2.28. The van der Waals surface area contributed by atoms with Crippen molar-refractivity contribution in [1.29, 1.82) is 0 Å². The molecule has 0 radical (unpaired) electrons. The van der Waals surface area contributed by atoms with Crippen LogP contribution in [0.5, 0.6) is 0 Å². The molecule has 3 nitrogen and oxygen atoms in total. The molecule has 0 aliphatic carbocycles. The number of halogens is 2. The van der Waals surface area contributed by atoms with Gasteiger partial charge in [0.1, 0.15) is 0 Å². The van der Waals surface area contributed by atoms with E-state index in [0.717, 1.165) is 37.2 Å². The summed E-state index contributed by atoms with van der Waals surface area (Å²) in [6.07, 6.45) is 1.90. The van der Waals surface area contributed by atoms with Crippen molar-refractivity contribution in [3.05, 3.63) is 63.1 Å². The summed E-state index contributed by atoms with van der Waals surface area (Å²) in [6.45, 7) is 6.47. The van der Waals surface area contributed by atoms with Gasteiger partial charge in [-0.1, -0.05) is 35.3 Å². The molecule has 1 N–H and O–H groups in total. The maximum absolute atomic E-state index is 12.7. The van der Waals surface area contributed by atoms with Gasteiger partial charge in [0.05, 0.1) is 5.92 Å². The third-order valence-corrected chi connectivity index (χ3v) is 5.80. The van der Waals surface area contributed by atoms with Crippen LogP contribution in [0.15, 0.2) is 36.4 Å². The zero-order chi connectivity index (χ0) is 18.7. The highest BCUT2D eigenvalue weighted by molar-refractivity contribution is 6.35. The Balaban J connectivity index is 1.64. The molecule has 1 heterocycles. The lowest BCUT2D eigenvalue weighted by molar-refractivity contribution is -0.121. The van der Waals surface area contributed by atoms with Crippen molar-refractivity contribution in [2.45, 2.75) is 33.2 Å². The van der Waals surface area contributed by atoms with Crippen LogP contribution in [0.1, 0.15) is 29.5 Å². The Labute approximate surface area is 165 Å². The van der Waals surface area contributed by atoms with Crippen LogP contribution in [0.3, 0.4) is 0 Å². The zero-order valence-electron chi connectivity index (χ0n) is 15.2. The van der Waals surface area contributed by atoms with Gasteiger partial charge in [-0.05, 0) is 68.6 Å². The average Bonchev–Trinajstić information content (AvgIpc) is 2.62. The Morgan fingerprint density at radius 3 is 2.58 bits per heavy atom. The van der Waals surface area contributed by atoms with Gasteiger partial charge in [0, 0.05) is 34.4 Å². The lowest BCUT2D eigenvalue weighted by Gasteiger charge is -2.32. The first-order chi connectivity index (χ1) is 12.4. The topological polar surface area (TPSA) is 32.3 Å². The second kappa shape index (κ2) is 8.43. The van der Waals surface area contributed by atoms with E-state index < -0.39 is 0 Å².